The highest BCUT2D eigenvalue weighted by Crippen LogP contribution is 2.26. The number of nitro groups is 1. The fourth-order valence-corrected chi connectivity index (χ4v) is 2.29. The molecule has 0 aliphatic carbocycles. The van der Waals surface area contributed by atoms with Crippen molar-refractivity contribution in [1.82, 2.24) is 10.6 Å². The molecule has 0 saturated carbocycles. The molecule has 7 heteroatoms. The minimum absolute atomic E-state index is 0.00494. The van der Waals surface area contributed by atoms with Gasteiger partial charge in [-0.15, -0.1) is 0 Å². The van der Waals surface area contributed by atoms with E-state index in [1.165, 1.54) is 6.07 Å². The van der Waals surface area contributed by atoms with E-state index in [-0.39, 0.29) is 24.2 Å². The maximum atomic E-state index is 11.9. The molecule has 108 valence electrons. The van der Waals surface area contributed by atoms with Crippen LogP contribution >= 0.6 is 0 Å². The summed E-state index contributed by atoms with van der Waals surface area (Å²) in [6.07, 6.45) is 0.918. The number of likely N-dealkylation sites (N-methyl/N-ethyl adjacent to an activating group) is 1. The first-order valence-electron chi connectivity index (χ1n) is 6.52. The van der Waals surface area contributed by atoms with Crippen molar-refractivity contribution in [2.75, 3.05) is 31.6 Å². The largest absolute Gasteiger partial charge is 0.360 e. The van der Waals surface area contributed by atoms with E-state index in [4.69, 9.17) is 0 Å². The number of anilines is 1. The van der Waals surface area contributed by atoms with E-state index in [9.17, 15) is 14.9 Å². The molecule has 20 heavy (non-hydrogen) atoms. The van der Waals surface area contributed by atoms with Crippen molar-refractivity contribution in [3.05, 3.63) is 34.4 Å². The Bertz CT molecular complexity index is 500. The molecular formula is C13H18N4O3. The van der Waals surface area contributed by atoms with Gasteiger partial charge in [-0.2, -0.15) is 0 Å². The number of para-hydroxylation sites is 2. The van der Waals surface area contributed by atoms with Gasteiger partial charge in [0.15, 0.2) is 0 Å². The van der Waals surface area contributed by atoms with Crippen molar-refractivity contribution in [3.8, 4) is 0 Å². The lowest BCUT2D eigenvalue weighted by Gasteiger charge is -2.20. The van der Waals surface area contributed by atoms with E-state index in [0.717, 1.165) is 19.5 Å². The average molecular weight is 278 g/mol. The Hall–Kier alpha value is -2.15. The summed E-state index contributed by atoms with van der Waals surface area (Å²) in [7, 11) is 1.68. The van der Waals surface area contributed by atoms with Crippen molar-refractivity contribution >= 4 is 17.3 Å². The van der Waals surface area contributed by atoms with E-state index < -0.39 is 4.92 Å². The Morgan fingerprint density at radius 1 is 1.55 bits per heavy atom. The van der Waals surface area contributed by atoms with Crippen LogP contribution in [0.5, 0.6) is 0 Å². The highest BCUT2D eigenvalue weighted by molar-refractivity contribution is 5.82. The van der Waals surface area contributed by atoms with Gasteiger partial charge < -0.3 is 15.5 Å². The zero-order chi connectivity index (χ0) is 14.5. The molecule has 1 aromatic rings. The summed E-state index contributed by atoms with van der Waals surface area (Å²) >= 11 is 0. The fourth-order valence-electron chi connectivity index (χ4n) is 2.29. The molecule has 1 saturated heterocycles. The molecule has 0 radical (unpaired) electrons. The van der Waals surface area contributed by atoms with E-state index in [0.29, 0.717) is 5.69 Å². The fraction of sp³-hybridized carbons (Fsp3) is 0.462. The van der Waals surface area contributed by atoms with Crippen LogP contribution in [0.3, 0.4) is 0 Å². The second kappa shape index (κ2) is 6.33. The molecule has 1 amide bonds. The molecule has 7 nitrogen and oxygen atoms in total. The normalized spacial score (nSPS) is 17.8. The van der Waals surface area contributed by atoms with Gasteiger partial charge in [-0.05, 0) is 19.0 Å². The van der Waals surface area contributed by atoms with Crippen LogP contribution in [0.1, 0.15) is 6.42 Å². The van der Waals surface area contributed by atoms with Crippen LogP contribution in [0, 0.1) is 10.1 Å². The van der Waals surface area contributed by atoms with Crippen LogP contribution in [0.4, 0.5) is 11.4 Å². The van der Waals surface area contributed by atoms with Gasteiger partial charge >= 0.3 is 0 Å². The summed E-state index contributed by atoms with van der Waals surface area (Å²) in [6.45, 7) is 1.78. The third-order valence-corrected chi connectivity index (χ3v) is 3.30. The lowest BCUT2D eigenvalue weighted by Crippen LogP contribution is -2.42. The Morgan fingerprint density at radius 3 is 2.95 bits per heavy atom. The summed E-state index contributed by atoms with van der Waals surface area (Å²) in [4.78, 5) is 24.0. The molecule has 0 spiro atoms. The molecule has 1 atom stereocenters. The predicted octanol–water partition coefficient (Wildman–Crippen LogP) is 0.509. The topological polar surface area (TPSA) is 87.5 Å². The first kappa shape index (κ1) is 14.3. The maximum absolute atomic E-state index is 11.9. The lowest BCUT2D eigenvalue weighted by atomic mass is 10.2. The SMILES string of the molecule is CN(CC(=O)NC1CCNC1)c1ccccc1[N+](=O)[O-]. The number of hydrogen-bond donors (Lipinski definition) is 2. The summed E-state index contributed by atoms with van der Waals surface area (Å²) in [6, 6.07) is 6.56. The molecule has 1 aliphatic heterocycles. The second-order valence-corrected chi connectivity index (χ2v) is 4.86. The first-order chi connectivity index (χ1) is 9.58. The molecule has 1 unspecified atom stereocenters. The van der Waals surface area contributed by atoms with Gasteiger partial charge in [-0.1, -0.05) is 12.1 Å². The zero-order valence-corrected chi connectivity index (χ0v) is 11.3. The molecule has 0 bridgehead atoms. The summed E-state index contributed by atoms with van der Waals surface area (Å²) in [5, 5.41) is 17.0. The van der Waals surface area contributed by atoms with Crippen LogP contribution in [0.2, 0.25) is 0 Å². The number of nitrogens with zero attached hydrogens (tertiary/aromatic N) is 2. The van der Waals surface area contributed by atoms with E-state index >= 15 is 0 Å². The second-order valence-electron chi connectivity index (χ2n) is 4.86. The van der Waals surface area contributed by atoms with Crippen LogP contribution in [-0.2, 0) is 4.79 Å². The maximum Gasteiger partial charge on any atom is 0.292 e. The monoisotopic (exact) mass is 278 g/mol. The highest BCUT2D eigenvalue weighted by Gasteiger charge is 2.20. The van der Waals surface area contributed by atoms with Gasteiger partial charge in [0.05, 0.1) is 11.5 Å². The van der Waals surface area contributed by atoms with Gasteiger partial charge in [0.1, 0.15) is 5.69 Å². The number of carbonyl (C=O) groups excluding carboxylic acids is 1. The minimum Gasteiger partial charge on any atom is -0.360 e. The van der Waals surface area contributed by atoms with Crippen molar-refractivity contribution in [2.24, 2.45) is 0 Å². The van der Waals surface area contributed by atoms with E-state index in [1.54, 1.807) is 30.1 Å². The lowest BCUT2D eigenvalue weighted by molar-refractivity contribution is -0.384. The molecular weight excluding hydrogens is 260 g/mol. The Kier molecular flexibility index (Phi) is 4.52. The predicted molar refractivity (Wildman–Crippen MR) is 75.8 cm³/mol. The molecule has 1 aliphatic rings. The van der Waals surface area contributed by atoms with Gasteiger partial charge in [-0.25, -0.2) is 0 Å². The molecule has 0 aromatic heterocycles. The summed E-state index contributed by atoms with van der Waals surface area (Å²) in [5.41, 5.74) is 0.447. The molecule has 2 rings (SSSR count). The van der Waals surface area contributed by atoms with Crippen LogP contribution in [0.25, 0.3) is 0 Å². The van der Waals surface area contributed by atoms with Gasteiger partial charge in [-0.3, -0.25) is 14.9 Å². The van der Waals surface area contributed by atoms with Crippen molar-refractivity contribution in [3.63, 3.8) is 0 Å². The Morgan fingerprint density at radius 2 is 2.30 bits per heavy atom. The Labute approximate surface area is 117 Å². The van der Waals surface area contributed by atoms with E-state index in [1.807, 2.05) is 0 Å². The minimum atomic E-state index is -0.440. The van der Waals surface area contributed by atoms with Crippen molar-refractivity contribution < 1.29 is 9.72 Å². The number of nitro benzene ring substituents is 1. The molecule has 2 N–H and O–H groups in total. The molecule has 1 heterocycles. The number of hydrogen-bond acceptors (Lipinski definition) is 5. The number of rotatable bonds is 5. The number of benzene rings is 1. The van der Waals surface area contributed by atoms with Crippen LogP contribution < -0.4 is 15.5 Å². The summed E-state index contributed by atoms with van der Waals surface area (Å²) < 4.78 is 0. The van der Waals surface area contributed by atoms with Gasteiger partial charge in [0.2, 0.25) is 5.91 Å². The highest BCUT2D eigenvalue weighted by atomic mass is 16.6. The van der Waals surface area contributed by atoms with Crippen molar-refractivity contribution in [1.29, 1.82) is 0 Å². The summed E-state index contributed by atoms with van der Waals surface area (Å²) in [5.74, 6) is -0.126. The Balaban J connectivity index is 1.98. The molecule has 1 fully saturated rings. The number of amides is 1. The van der Waals surface area contributed by atoms with Crippen LogP contribution in [0.15, 0.2) is 24.3 Å². The number of nitrogens with one attached hydrogen (secondary N) is 2. The van der Waals surface area contributed by atoms with Gasteiger partial charge in [0.25, 0.3) is 5.69 Å². The quantitative estimate of drug-likeness (QED) is 0.605. The molecule has 1 aromatic carbocycles. The van der Waals surface area contributed by atoms with Gasteiger partial charge in [0, 0.05) is 25.7 Å². The van der Waals surface area contributed by atoms with Crippen LogP contribution in [-0.4, -0.2) is 43.6 Å². The zero-order valence-electron chi connectivity index (χ0n) is 11.3. The van der Waals surface area contributed by atoms with Crippen molar-refractivity contribution in [2.45, 2.75) is 12.5 Å². The smallest absolute Gasteiger partial charge is 0.292 e. The standard InChI is InChI=1S/C13H18N4O3/c1-16(9-13(18)15-10-6-7-14-8-10)11-4-2-3-5-12(11)17(19)20/h2-5,10,14H,6-9H2,1H3,(H,15,18). The third kappa shape index (κ3) is 3.45. The first-order valence-corrected chi connectivity index (χ1v) is 6.52. The van der Waals surface area contributed by atoms with E-state index in [2.05, 4.69) is 10.6 Å². The average Bonchev–Trinajstić information content (AvgIpc) is 2.91. The number of carbonyl (C=O) groups is 1. The third-order valence-electron chi connectivity index (χ3n) is 3.30.